The van der Waals surface area contributed by atoms with Gasteiger partial charge in [-0.1, -0.05) is 0 Å². The van der Waals surface area contributed by atoms with Gasteiger partial charge in [0.05, 0.1) is 6.10 Å². The van der Waals surface area contributed by atoms with Crippen molar-refractivity contribution in [3.8, 4) is 0 Å². The van der Waals surface area contributed by atoms with E-state index in [-0.39, 0.29) is 0 Å². The molecule has 0 aromatic carbocycles. The van der Waals surface area contributed by atoms with Crippen LogP contribution in [0.2, 0.25) is 0 Å². The van der Waals surface area contributed by atoms with Gasteiger partial charge in [-0.2, -0.15) is 11.8 Å². The normalized spacial score (nSPS) is 39.9. The van der Waals surface area contributed by atoms with Crippen LogP contribution in [0, 0.1) is 5.92 Å². The van der Waals surface area contributed by atoms with Gasteiger partial charge in [0.2, 0.25) is 0 Å². The Morgan fingerprint density at radius 3 is 3.00 bits per heavy atom. The molecule has 0 spiro atoms. The van der Waals surface area contributed by atoms with E-state index in [1.807, 2.05) is 0 Å². The first-order valence-electron chi connectivity index (χ1n) is 5.29. The third-order valence-electron chi connectivity index (χ3n) is 3.13. The van der Waals surface area contributed by atoms with E-state index in [1.165, 1.54) is 24.3 Å². The van der Waals surface area contributed by atoms with Gasteiger partial charge in [-0.05, 0) is 31.4 Å². The van der Waals surface area contributed by atoms with Gasteiger partial charge in [-0.3, -0.25) is 0 Å². The van der Waals surface area contributed by atoms with Gasteiger partial charge in [0.15, 0.2) is 0 Å². The van der Waals surface area contributed by atoms with Crippen LogP contribution < -0.4 is 5.32 Å². The molecule has 0 radical (unpaired) electrons. The minimum Gasteiger partial charge on any atom is -0.378 e. The van der Waals surface area contributed by atoms with E-state index in [9.17, 15) is 0 Å². The van der Waals surface area contributed by atoms with Crippen molar-refractivity contribution in [1.82, 2.24) is 5.32 Å². The van der Waals surface area contributed by atoms with E-state index in [4.69, 9.17) is 4.74 Å². The zero-order valence-electron chi connectivity index (χ0n) is 8.29. The second-order valence-electron chi connectivity index (χ2n) is 4.09. The van der Waals surface area contributed by atoms with E-state index in [2.05, 4.69) is 24.0 Å². The van der Waals surface area contributed by atoms with E-state index >= 15 is 0 Å². The molecule has 3 unspecified atom stereocenters. The van der Waals surface area contributed by atoms with E-state index in [0.717, 1.165) is 25.1 Å². The lowest BCUT2D eigenvalue weighted by atomic mass is 10.0. The molecule has 2 fully saturated rings. The highest BCUT2D eigenvalue weighted by atomic mass is 32.2. The molecule has 2 aliphatic rings. The summed E-state index contributed by atoms with van der Waals surface area (Å²) in [4.78, 5) is 0. The summed E-state index contributed by atoms with van der Waals surface area (Å²) in [5, 5.41) is 3.65. The number of thioether (sulfide) groups is 1. The van der Waals surface area contributed by atoms with Gasteiger partial charge in [-0.25, -0.2) is 0 Å². The predicted octanol–water partition coefficient (Wildman–Crippen LogP) is 1.51. The van der Waals surface area contributed by atoms with Crippen molar-refractivity contribution in [3.63, 3.8) is 0 Å². The Bertz CT molecular complexity index is 159. The van der Waals surface area contributed by atoms with Crippen molar-refractivity contribution < 1.29 is 4.74 Å². The third-order valence-corrected chi connectivity index (χ3v) is 4.29. The molecular formula is C10H19NOS. The molecule has 13 heavy (non-hydrogen) atoms. The summed E-state index contributed by atoms with van der Waals surface area (Å²) in [7, 11) is 0. The molecule has 0 aromatic heterocycles. The summed E-state index contributed by atoms with van der Waals surface area (Å²) in [5.41, 5.74) is 0. The first kappa shape index (κ1) is 9.81. The van der Waals surface area contributed by atoms with Gasteiger partial charge in [0.25, 0.3) is 0 Å². The van der Waals surface area contributed by atoms with Crippen LogP contribution in [0.15, 0.2) is 0 Å². The minimum absolute atomic E-state index is 0.474. The van der Waals surface area contributed by atoms with Crippen molar-refractivity contribution in [2.45, 2.75) is 31.9 Å². The maximum absolute atomic E-state index is 5.54. The van der Waals surface area contributed by atoms with Crippen LogP contribution in [0.1, 0.15) is 19.8 Å². The van der Waals surface area contributed by atoms with Crippen LogP contribution in [0.5, 0.6) is 0 Å². The third kappa shape index (κ3) is 2.61. The molecule has 2 aliphatic heterocycles. The first-order chi connectivity index (χ1) is 6.36. The molecule has 0 aliphatic carbocycles. The summed E-state index contributed by atoms with van der Waals surface area (Å²) in [6, 6.07) is 0.776. The summed E-state index contributed by atoms with van der Waals surface area (Å²) >= 11 is 2.07. The average molecular weight is 201 g/mol. The van der Waals surface area contributed by atoms with Crippen molar-refractivity contribution in [1.29, 1.82) is 0 Å². The van der Waals surface area contributed by atoms with E-state index in [1.54, 1.807) is 0 Å². The Labute approximate surface area is 84.8 Å². The van der Waals surface area contributed by atoms with Crippen molar-refractivity contribution in [3.05, 3.63) is 0 Å². The fraction of sp³-hybridized carbons (Fsp3) is 1.00. The molecule has 3 atom stereocenters. The van der Waals surface area contributed by atoms with Gasteiger partial charge in [0, 0.05) is 24.9 Å². The summed E-state index contributed by atoms with van der Waals surface area (Å²) < 4.78 is 5.54. The summed E-state index contributed by atoms with van der Waals surface area (Å²) in [6.07, 6.45) is 3.07. The number of rotatable bonds is 3. The molecule has 2 rings (SSSR count). The fourth-order valence-electron chi connectivity index (χ4n) is 2.06. The molecule has 3 heteroatoms. The number of nitrogens with one attached hydrogen (secondary N) is 1. The van der Waals surface area contributed by atoms with Crippen molar-refractivity contribution >= 4 is 11.8 Å². The minimum atomic E-state index is 0.474. The van der Waals surface area contributed by atoms with Crippen molar-refractivity contribution in [2.75, 3.05) is 24.7 Å². The van der Waals surface area contributed by atoms with Gasteiger partial charge in [0.1, 0.15) is 0 Å². The van der Waals surface area contributed by atoms with E-state index < -0.39 is 0 Å². The van der Waals surface area contributed by atoms with Crippen LogP contribution in [-0.2, 0) is 4.74 Å². The monoisotopic (exact) mass is 201 g/mol. The number of hydrogen-bond donors (Lipinski definition) is 1. The zero-order chi connectivity index (χ0) is 9.10. The lowest BCUT2D eigenvalue weighted by Gasteiger charge is -2.17. The Hall–Kier alpha value is 0.270. The van der Waals surface area contributed by atoms with Crippen LogP contribution in [0.4, 0.5) is 0 Å². The second-order valence-corrected chi connectivity index (χ2v) is 5.24. The topological polar surface area (TPSA) is 21.3 Å². The molecule has 1 N–H and O–H groups in total. The van der Waals surface area contributed by atoms with Crippen molar-refractivity contribution in [2.24, 2.45) is 5.92 Å². The molecule has 0 aromatic rings. The van der Waals surface area contributed by atoms with E-state index in [0.29, 0.717) is 6.10 Å². The lowest BCUT2D eigenvalue weighted by molar-refractivity contribution is 0.105. The standard InChI is InChI=1S/C10H19NOS/c1-8-9(2-4-12-8)6-11-10-3-5-13-7-10/h8-11H,2-7H2,1H3. The molecule has 2 saturated heterocycles. The van der Waals surface area contributed by atoms with Crippen LogP contribution in [-0.4, -0.2) is 36.8 Å². The summed E-state index contributed by atoms with van der Waals surface area (Å²) in [6.45, 7) is 4.32. The maximum Gasteiger partial charge on any atom is 0.0588 e. The zero-order valence-corrected chi connectivity index (χ0v) is 9.11. The highest BCUT2D eigenvalue weighted by Crippen LogP contribution is 2.21. The highest BCUT2D eigenvalue weighted by Gasteiger charge is 2.25. The Morgan fingerprint density at radius 2 is 2.38 bits per heavy atom. The molecule has 0 amide bonds. The van der Waals surface area contributed by atoms with Gasteiger partial charge >= 0.3 is 0 Å². The Kier molecular flexibility index (Phi) is 3.52. The quantitative estimate of drug-likeness (QED) is 0.748. The number of ether oxygens (including phenoxy) is 1. The Morgan fingerprint density at radius 1 is 1.46 bits per heavy atom. The molecule has 76 valence electrons. The first-order valence-corrected chi connectivity index (χ1v) is 6.44. The van der Waals surface area contributed by atoms with Gasteiger partial charge < -0.3 is 10.1 Å². The predicted molar refractivity (Wildman–Crippen MR) is 57.3 cm³/mol. The SMILES string of the molecule is CC1OCCC1CNC1CCSC1. The molecule has 0 saturated carbocycles. The molecule has 2 heterocycles. The average Bonchev–Trinajstić information content (AvgIpc) is 2.72. The van der Waals surface area contributed by atoms with Crippen LogP contribution >= 0.6 is 11.8 Å². The van der Waals surface area contributed by atoms with Crippen LogP contribution in [0.25, 0.3) is 0 Å². The summed E-state index contributed by atoms with van der Waals surface area (Å²) in [5.74, 6) is 3.40. The maximum atomic E-state index is 5.54. The largest absolute Gasteiger partial charge is 0.378 e. The Balaban J connectivity index is 1.66. The molecular weight excluding hydrogens is 182 g/mol. The fourth-order valence-corrected chi connectivity index (χ4v) is 3.24. The molecule has 2 nitrogen and oxygen atoms in total. The molecule has 0 bridgehead atoms. The van der Waals surface area contributed by atoms with Crippen LogP contribution in [0.3, 0.4) is 0 Å². The second kappa shape index (κ2) is 4.67. The smallest absolute Gasteiger partial charge is 0.0588 e. The lowest BCUT2D eigenvalue weighted by Crippen LogP contribution is -2.35. The number of hydrogen-bond acceptors (Lipinski definition) is 3. The van der Waals surface area contributed by atoms with Gasteiger partial charge in [-0.15, -0.1) is 0 Å². The highest BCUT2D eigenvalue weighted by molar-refractivity contribution is 7.99.